The lowest BCUT2D eigenvalue weighted by Crippen LogP contribution is -2.37. The molecule has 0 saturated carbocycles. The lowest BCUT2D eigenvalue weighted by atomic mass is 10.1. The molecular weight excluding hydrogens is 266 g/mol. The number of carbonyl (C=O) groups excluding carboxylic acids is 1. The highest BCUT2D eigenvalue weighted by atomic mass is 16.5. The number of ether oxygens (including phenoxy) is 1. The van der Waals surface area contributed by atoms with Gasteiger partial charge in [-0.3, -0.25) is 4.79 Å². The average Bonchev–Trinajstić information content (AvgIpc) is 2.79. The van der Waals surface area contributed by atoms with Crippen molar-refractivity contribution in [3.05, 3.63) is 29.3 Å². The Labute approximate surface area is 126 Å². The first kappa shape index (κ1) is 15.8. The van der Waals surface area contributed by atoms with Crippen LogP contribution in [0.25, 0.3) is 0 Å². The lowest BCUT2D eigenvalue weighted by Gasteiger charge is -2.16. The molecule has 2 rings (SSSR count). The number of amides is 1. The number of carbonyl (C=O) groups is 1. The molecule has 0 heterocycles. The van der Waals surface area contributed by atoms with E-state index in [0.717, 1.165) is 30.4 Å². The van der Waals surface area contributed by atoms with Gasteiger partial charge in [0.1, 0.15) is 5.75 Å². The molecule has 0 bridgehead atoms. The van der Waals surface area contributed by atoms with Gasteiger partial charge in [0.05, 0.1) is 6.10 Å². The highest BCUT2D eigenvalue weighted by Gasteiger charge is 2.21. The summed E-state index contributed by atoms with van der Waals surface area (Å²) >= 11 is 0. The topological polar surface area (TPSA) is 58.6 Å². The third kappa shape index (κ3) is 4.21. The number of nitrogens with one attached hydrogen (secondary N) is 1. The summed E-state index contributed by atoms with van der Waals surface area (Å²) < 4.78 is 5.70. The van der Waals surface area contributed by atoms with E-state index in [9.17, 15) is 9.90 Å². The van der Waals surface area contributed by atoms with Crippen LogP contribution >= 0.6 is 0 Å². The first-order valence-corrected chi connectivity index (χ1v) is 7.72. The summed E-state index contributed by atoms with van der Waals surface area (Å²) in [7, 11) is 0. The smallest absolute Gasteiger partial charge is 0.260 e. The summed E-state index contributed by atoms with van der Waals surface area (Å²) in [5.74, 6) is 1.18. The van der Waals surface area contributed by atoms with Crippen molar-refractivity contribution < 1.29 is 14.6 Å². The molecule has 0 saturated heterocycles. The molecule has 0 fully saturated rings. The molecular formula is C17H25NO3. The zero-order valence-corrected chi connectivity index (χ0v) is 13.1. The molecule has 1 aromatic rings. The maximum absolute atomic E-state index is 11.9. The van der Waals surface area contributed by atoms with E-state index < -0.39 is 6.10 Å². The molecule has 1 aliphatic rings. The number of aliphatic hydroxyl groups is 1. The molecule has 0 spiro atoms. The van der Waals surface area contributed by atoms with Crippen LogP contribution in [0, 0.1) is 5.92 Å². The largest absolute Gasteiger partial charge is 0.481 e. The van der Waals surface area contributed by atoms with Crippen LogP contribution < -0.4 is 10.1 Å². The molecule has 4 heteroatoms. The maximum atomic E-state index is 11.9. The van der Waals surface area contributed by atoms with Gasteiger partial charge < -0.3 is 15.2 Å². The van der Waals surface area contributed by atoms with Gasteiger partial charge in [-0.25, -0.2) is 0 Å². The van der Waals surface area contributed by atoms with E-state index in [0.29, 0.717) is 18.2 Å². The van der Waals surface area contributed by atoms with E-state index in [1.165, 1.54) is 0 Å². The second-order valence-corrected chi connectivity index (χ2v) is 6.15. The number of aryl methyl sites for hydroxylation is 1. The van der Waals surface area contributed by atoms with Gasteiger partial charge in [0.2, 0.25) is 0 Å². The third-order valence-corrected chi connectivity index (χ3v) is 3.86. The van der Waals surface area contributed by atoms with Crippen LogP contribution in [0.2, 0.25) is 0 Å². The molecule has 0 aliphatic heterocycles. The fraction of sp³-hybridized carbons (Fsp3) is 0.588. The summed E-state index contributed by atoms with van der Waals surface area (Å²) in [5, 5.41) is 12.7. The Balaban J connectivity index is 1.88. The van der Waals surface area contributed by atoms with Crippen LogP contribution in [0.3, 0.4) is 0 Å². The van der Waals surface area contributed by atoms with Crippen LogP contribution in [0.15, 0.2) is 18.2 Å². The molecule has 1 amide bonds. The standard InChI is InChI=1S/C17H25NO3/c1-11(2)8-9-18-17(20)12(3)21-14-5-6-15-13(10-14)4-7-16(15)19/h5-6,10-12,16,19H,4,7-9H2,1-3H3,(H,18,20)/t12?,16-/m1/s1. The molecule has 0 aromatic heterocycles. The van der Waals surface area contributed by atoms with E-state index in [2.05, 4.69) is 19.2 Å². The van der Waals surface area contributed by atoms with Crippen molar-refractivity contribution >= 4 is 5.91 Å². The molecule has 2 N–H and O–H groups in total. The Kier molecular flexibility index (Phi) is 5.23. The van der Waals surface area contributed by atoms with E-state index >= 15 is 0 Å². The Hall–Kier alpha value is -1.55. The van der Waals surface area contributed by atoms with Crippen molar-refractivity contribution in [1.29, 1.82) is 0 Å². The molecule has 116 valence electrons. The predicted molar refractivity (Wildman–Crippen MR) is 82.3 cm³/mol. The number of aliphatic hydroxyl groups excluding tert-OH is 1. The molecule has 2 atom stereocenters. The van der Waals surface area contributed by atoms with Gasteiger partial charge in [-0.2, -0.15) is 0 Å². The Morgan fingerprint density at radius 2 is 2.19 bits per heavy atom. The Morgan fingerprint density at radius 3 is 2.90 bits per heavy atom. The minimum Gasteiger partial charge on any atom is -0.481 e. The zero-order valence-electron chi connectivity index (χ0n) is 13.1. The number of hydrogen-bond acceptors (Lipinski definition) is 3. The van der Waals surface area contributed by atoms with E-state index in [1.54, 1.807) is 6.92 Å². The van der Waals surface area contributed by atoms with Crippen LogP contribution in [-0.2, 0) is 11.2 Å². The summed E-state index contributed by atoms with van der Waals surface area (Å²) in [6.45, 7) is 6.70. The summed E-state index contributed by atoms with van der Waals surface area (Å²) in [4.78, 5) is 11.9. The molecule has 1 aromatic carbocycles. The number of benzene rings is 1. The first-order valence-electron chi connectivity index (χ1n) is 7.72. The number of rotatable bonds is 6. The van der Waals surface area contributed by atoms with Crippen LogP contribution in [-0.4, -0.2) is 23.7 Å². The third-order valence-electron chi connectivity index (χ3n) is 3.86. The van der Waals surface area contributed by atoms with E-state index in [-0.39, 0.29) is 12.0 Å². The predicted octanol–water partition coefficient (Wildman–Crippen LogP) is 2.60. The minimum atomic E-state index is -0.512. The lowest BCUT2D eigenvalue weighted by molar-refractivity contribution is -0.127. The highest BCUT2D eigenvalue weighted by Crippen LogP contribution is 2.33. The number of fused-ring (bicyclic) bond motifs is 1. The molecule has 4 nitrogen and oxygen atoms in total. The fourth-order valence-corrected chi connectivity index (χ4v) is 2.53. The second kappa shape index (κ2) is 6.94. The van der Waals surface area contributed by atoms with Gasteiger partial charge in [-0.1, -0.05) is 19.9 Å². The molecule has 1 unspecified atom stereocenters. The van der Waals surface area contributed by atoms with E-state index in [4.69, 9.17) is 4.74 Å². The van der Waals surface area contributed by atoms with Crippen molar-refractivity contribution in [2.24, 2.45) is 5.92 Å². The fourth-order valence-electron chi connectivity index (χ4n) is 2.53. The molecule has 1 aliphatic carbocycles. The average molecular weight is 291 g/mol. The maximum Gasteiger partial charge on any atom is 0.260 e. The minimum absolute atomic E-state index is 0.0869. The van der Waals surface area contributed by atoms with Crippen molar-refractivity contribution in [2.45, 2.75) is 52.2 Å². The summed E-state index contributed by atoms with van der Waals surface area (Å²) in [5.41, 5.74) is 2.10. The van der Waals surface area contributed by atoms with Gasteiger partial charge in [0.25, 0.3) is 5.91 Å². The van der Waals surface area contributed by atoms with Crippen molar-refractivity contribution in [3.63, 3.8) is 0 Å². The molecule has 0 radical (unpaired) electrons. The van der Waals surface area contributed by atoms with Crippen LogP contribution in [0.4, 0.5) is 0 Å². The number of hydrogen-bond donors (Lipinski definition) is 2. The molecule has 21 heavy (non-hydrogen) atoms. The van der Waals surface area contributed by atoms with Gasteiger partial charge in [-0.15, -0.1) is 0 Å². The van der Waals surface area contributed by atoms with Crippen molar-refractivity contribution in [1.82, 2.24) is 5.32 Å². The highest BCUT2D eigenvalue weighted by molar-refractivity contribution is 5.80. The van der Waals surface area contributed by atoms with Crippen LogP contribution in [0.5, 0.6) is 5.75 Å². The SMILES string of the molecule is CC(C)CCNC(=O)C(C)Oc1ccc2c(c1)CC[C@H]2O. The Morgan fingerprint density at radius 1 is 1.43 bits per heavy atom. The van der Waals surface area contributed by atoms with Crippen molar-refractivity contribution in [3.8, 4) is 5.75 Å². The second-order valence-electron chi connectivity index (χ2n) is 6.15. The monoisotopic (exact) mass is 291 g/mol. The van der Waals surface area contributed by atoms with E-state index in [1.807, 2.05) is 18.2 Å². The quantitative estimate of drug-likeness (QED) is 0.847. The Bertz CT molecular complexity index is 499. The zero-order chi connectivity index (χ0) is 15.4. The van der Waals surface area contributed by atoms with Crippen molar-refractivity contribution in [2.75, 3.05) is 6.54 Å². The van der Waals surface area contributed by atoms with Gasteiger partial charge in [0.15, 0.2) is 6.10 Å². The summed E-state index contributed by atoms with van der Waals surface area (Å²) in [6.07, 6.45) is 1.73. The first-order chi connectivity index (χ1) is 9.97. The van der Waals surface area contributed by atoms with Gasteiger partial charge in [-0.05, 0) is 55.4 Å². The van der Waals surface area contributed by atoms with Gasteiger partial charge in [0, 0.05) is 6.54 Å². The normalized spacial score (nSPS) is 18.4. The van der Waals surface area contributed by atoms with Crippen LogP contribution in [0.1, 0.15) is 50.8 Å². The summed E-state index contributed by atoms with van der Waals surface area (Å²) in [6, 6.07) is 5.65. The van der Waals surface area contributed by atoms with Gasteiger partial charge >= 0.3 is 0 Å².